The molecule has 13 heavy (non-hydrogen) atoms. The second-order valence-corrected chi connectivity index (χ2v) is 3.22. The molecule has 1 nitrogen and oxygen atoms in total. The summed E-state index contributed by atoms with van der Waals surface area (Å²) in [5.41, 5.74) is 1.46. The largest absolute Gasteiger partial charge is 0.297 e. The van der Waals surface area contributed by atoms with Gasteiger partial charge in [0.15, 0.2) is 0 Å². The van der Waals surface area contributed by atoms with Crippen molar-refractivity contribution in [3.63, 3.8) is 0 Å². The van der Waals surface area contributed by atoms with Gasteiger partial charge in [0.05, 0.1) is 0 Å². The summed E-state index contributed by atoms with van der Waals surface area (Å²) in [5.74, 6) is 0.712. The zero-order valence-electron chi connectivity index (χ0n) is 7.52. The Morgan fingerprint density at radius 2 is 1.92 bits per heavy atom. The SMILES string of the molecule is C1=NCCC(c2ccccc2)C1.Cl. The van der Waals surface area contributed by atoms with Gasteiger partial charge in [-0.2, -0.15) is 0 Å². The summed E-state index contributed by atoms with van der Waals surface area (Å²) in [6.45, 7) is 1.000. The van der Waals surface area contributed by atoms with E-state index < -0.39 is 0 Å². The van der Waals surface area contributed by atoms with Crippen molar-refractivity contribution >= 4 is 18.6 Å². The van der Waals surface area contributed by atoms with E-state index in [2.05, 4.69) is 41.5 Å². The fourth-order valence-electron chi connectivity index (χ4n) is 1.67. The first-order chi connectivity index (χ1) is 5.97. The van der Waals surface area contributed by atoms with Crippen LogP contribution in [0.1, 0.15) is 24.3 Å². The minimum absolute atomic E-state index is 0. The average molecular weight is 196 g/mol. The van der Waals surface area contributed by atoms with Crippen molar-refractivity contribution in [2.24, 2.45) is 4.99 Å². The minimum atomic E-state index is 0. The van der Waals surface area contributed by atoms with Crippen molar-refractivity contribution in [1.29, 1.82) is 0 Å². The number of nitrogens with zero attached hydrogens (tertiary/aromatic N) is 1. The van der Waals surface area contributed by atoms with Crippen LogP contribution in [0.3, 0.4) is 0 Å². The molecule has 2 heteroatoms. The number of rotatable bonds is 1. The average Bonchev–Trinajstić information content (AvgIpc) is 2.21. The van der Waals surface area contributed by atoms with Gasteiger partial charge in [-0.05, 0) is 30.5 Å². The van der Waals surface area contributed by atoms with Gasteiger partial charge in [0.1, 0.15) is 0 Å². The highest BCUT2D eigenvalue weighted by Gasteiger charge is 2.11. The van der Waals surface area contributed by atoms with E-state index in [0.29, 0.717) is 5.92 Å². The number of hydrogen-bond acceptors (Lipinski definition) is 1. The molecular formula is C11H14ClN. The zero-order chi connectivity index (χ0) is 8.23. The van der Waals surface area contributed by atoms with Crippen molar-refractivity contribution in [2.45, 2.75) is 18.8 Å². The predicted octanol–water partition coefficient (Wildman–Crippen LogP) is 3.06. The van der Waals surface area contributed by atoms with Gasteiger partial charge in [-0.15, -0.1) is 12.4 Å². The Morgan fingerprint density at radius 3 is 2.54 bits per heavy atom. The maximum Gasteiger partial charge on any atom is 0.0391 e. The van der Waals surface area contributed by atoms with Crippen molar-refractivity contribution < 1.29 is 0 Å². The third-order valence-corrected chi connectivity index (χ3v) is 2.40. The van der Waals surface area contributed by atoms with Crippen molar-refractivity contribution in [3.05, 3.63) is 35.9 Å². The molecule has 2 rings (SSSR count). The molecule has 0 bridgehead atoms. The Bertz CT molecular complexity index is 269. The van der Waals surface area contributed by atoms with Gasteiger partial charge in [-0.3, -0.25) is 4.99 Å². The van der Waals surface area contributed by atoms with E-state index in [-0.39, 0.29) is 12.4 Å². The van der Waals surface area contributed by atoms with E-state index in [1.165, 1.54) is 12.0 Å². The molecule has 0 amide bonds. The maximum atomic E-state index is 4.23. The molecule has 1 unspecified atom stereocenters. The summed E-state index contributed by atoms with van der Waals surface area (Å²) < 4.78 is 0. The van der Waals surface area contributed by atoms with Crippen molar-refractivity contribution in [3.8, 4) is 0 Å². The normalized spacial score (nSPS) is 20.8. The summed E-state index contributed by atoms with van der Waals surface area (Å²) in [7, 11) is 0. The van der Waals surface area contributed by atoms with Crippen LogP contribution in [0, 0.1) is 0 Å². The van der Waals surface area contributed by atoms with Gasteiger partial charge in [-0.1, -0.05) is 30.3 Å². The van der Waals surface area contributed by atoms with Crippen molar-refractivity contribution in [2.75, 3.05) is 6.54 Å². The van der Waals surface area contributed by atoms with E-state index in [1.807, 2.05) is 0 Å². The number of halogens is 1. The van der Waals surface area contributed by atoms with Gasteiger partial charge in [0, 0.05) is 6.54 Å². The molecule has 0 aromatic heterocycles. The third-order valence-electron chi connectivity index (χ3n) is 2.40. The molecule has 1 heterocycles. The number of aliphatic imine (C=N–C) groups is 1. The standard InChI is InChI=1S/C11H13N.ClH/c1-2-4-10(5-3-1)11-6-8-12-9-7-11;/h1-5,8,11H,6-7,9H2;1H. The fraction of sp³-hybridized carbons (Fsp3) is 0.364. The highest BCUT2D eigenvalue weighted by Crippen LogP contribution is 2.24. The molecule has 0 radical (unpaired) electrons. The lowest BCUT2D eigenvalue weighted by Crippen LogP contribution is -2.06. The Balaban J connectivity index is 0.000000845. The lowest BCUT2D eigenvalue weighted by atomic mass is 9.92. The molecule has 0 N–H and O–H groups in total. The summed E-state index contributed by atoms with van der Waals surface area (Å²) >= 11 is 0. The highest BCUT2D eigenvalue weighted by atomic mass is 35.5. The van der Waals surface area contributed by atoms with Gasteiger partial charge in [-0.25, -0.2) is 0 Å². The van der Waals surface area contributed by atoms with Gasteiger partial charge >= 0.3 is 0 Å². The van der Waals surface area contributed by atoms with E-state index >= 15 is 0 Å². The first-order valence-electron chi connectivity index (χ1n) is 4.50. The summed E-state index contributed by atoms with van der Waals surface area (Å²) in [6.07, 6.45) is 4.38. The lowest BCUT2D eigenvalue weighted by Gasteiger charge is -2.16. The summed E-state index contributed by atoms with van der Waals surface area (Å²) in [4.78, 5) is 4.23. The molecule has 1 aliphatic heterocycles. The van der Waals surface area contributed by atoms with Crippen LogP contribution < -0.4 is 0 Å². The zero-order valence-corrected chi connectivity index (χ0v) is 8.33. The minimum Gasteiger partial charge on any atom is -0.297 e. The first kappa shape index (κ1) is 10.3. The predicted molar refractivity (Wildman–Crippen MR) is 59.0 cm³/mol. The monoisotopic (exact) mass is 195 g/mol. The Kier molecular flexibility index (Phi) is 3.97. The van der Waals surface area contributed by atoms with Crippen LogP contribution in [0.15, 0.2) is 35.3 Å². The van der Waals surface area contributed by atoms with Crippen LogP contribution in [0.25, 0.3) is 0 Å². The molecule has 1 aromatic carbocycles. The third kappa shape index (κ3) is 2.56. The van der Waals surface area contributed by atoms with E-state index in [0.717, 1.165) is 13.0 Å². The number of hydrogen-bond donors (Lipinski definition) is 0. The summed E-state index contributed by atoms with van der Waals surface area (Å²) in [5, 5.41) is 0. The fourth-order valence-corrected chi connectivity index (χ4v) is 1.67. The molecule has 0 saturated carbocycles. The van der Waals surface area contributed by atoms with Crippen LogP contribution in [-0.4, -0.2) is 12.8 Å². The van der Waals surface area contributed by atoms with Crippen LogP contribution >= 0.6 is 12.4 Å². The second-order valence-electron chi connectivity index (χ2n) is 3.22. The van der Waals surface area contributed by atoms with Crippen molar-refractivity contribution in [1.82, 2.24) is 0 Å². The highest BCUT2D eigenvalue weighted by molar-refractivity contribution is 5.85. The molecule has 1 aromatic rings. The summed E-state index contributed by atoms with van der Waals surface area (Å²) in [6, 6.07) is 10.7. The van der Waals surface area contributed by atoms with E-state index in [4.69, 9.17) is 0 Å². The molecule has 1 aliphatic rings. The van der Waals surface area contributed by atoms with Gasteiger partial charge < -0.3 is 0 Å². The Hall–Kier alpha value is -0.820. The molecule has 0 aliphatic carbocycles. The second kappa shape index (κ2) is 5.03. The van der Waals surface area contributed by atoms with Gasteiger partial charge in [0.2, 0.25) is 0 Å². The van der Waals surface area contributed by atoms with Crippen LogP contribution in [0.5, 0.6) is 0 Å². The lowest BCUT2D eigenvalue weighted by molar-refractivity contribution is 0.638. The number of benzene rings is 1. The maximum absolute atomic E-state index is 4.23. The molecule has 0 saturated heterocycles. The van der Waals surface area contributed by atoms with E-state index in [9.17, 15) is 0 Å². The Labute approximate surface area is 85.3 Å². The molecule has 0 fully saturated rings. The molecule has 0 spiro atoms. The molecular weight excluding hydrogens is 182 g/mol. The van der Waals surface area contributed by atoms with E-state index in [1.54, 1.807) is 0 Å². The topological polar surface area (TPSA) is 12.4 Å². The Morgan fingerprint density at radius 1 is 1.15 bits per heavy atom. The molecule has 70 valence electrons. The quantitative estimate of drug-likeness (QED) is 0.653. The van der Waals surface area contributed by atoms with Crippen LogP contribution in [-0.2, 0) is 0 Å². The van der Waals surface area contributed by atoms with Crippen LogP contribution in [0.4, 0.5) is 0 Å². The first-order valence-corrected chi connectivity index (χ1v) is 4.50. The van der Waals surface area contributed by atoms with Gasteiger partial charge in [0.25, 0.3) is 0 Å². The molecule has 1 atom stereocenters. The van der Waals surface area contributed by atoms with Crippen LogP contribution in [0.2, 0.25) is 0 Å². The smallest absolute Gasteiger partial charge is 0.0391 e.